The summed E-state index contributed by atoms with van der Waals surface area (Å²) in [5.74, 6) is -3.09. The van der Waals surface area contributed by atoms with Crippen molar-refractivity contribution in [3.8, 4) is 11.1 Å². The molecule has 0 saturated heterocycles. The maximum absolute atomic E-state index is 13.4. The summed E-state index contributed by atoms with van der Waals surface area (Å²) in [6, 6.07) is 13.0. The first-order valence-corrected chi connectivity index (χ1v) is 14.6. The van der Waals surface area contributed by atoms with E-state index < -0.39 is 54.5 Å². The number of hydrogen-bond acceptors (Lipinski definition) is 6. The predicted molar refractivity (Wildman–Crippen MR) is 161 cm³/mol. The number of alkyl carbamates (subject to hydrolysis) is 1. The number of amides is 4. The number of nitrogens with one attached hydrogen (secondary N) is 4. The summed E-state index contributed by atoms with van der Waals surface area (Å²) < 4.78 is 5.64. The second-order valence-corrected chi connectivity index (χ2v) is 11.7. The van der Waals surface area contributed by atoms with Crippen molar-refractivity contribution in [2.45, 2.75) is 71.5 Å². The first-order valence-electron chi connectivity index (χ1n) is 14.6. The molecule has 1 aliphatic carbocycles. The summed E-state index contributed by atoms with van der Waals surface area (Å²) in [6.07, 6.45) is -0.156. The molecule has 0 bridgehead atoms. The molecular formula is C32H42N4O7. The molecule has 2 aromatic rings. The molecule has 0 aliphatic heterocycles. The van der Waals surface area contributed by atoms with Gasteiger partial charge in [0, 0.05) is 5.92 Å². The van der Waals surface area contributed by atoms with Crippen molar-refractivity contribution in [2.75, 3.05) is 13.2 Å². The first-order chi connectivity index (χ1) is 20.4. The molecule has 232 valence electrons. The van der Waals surface area contributed by atoms with E-state index in [9.17, 15) is 24.0 Å². The Morgan fingerprint density at radius 3 is 1.72 bits per heavy atom. The lowest BCUT2D eigenvalue weighted by Crippen LogP contribution is -2.56. The van der Waals surface area contributed by atoms with Crippen LogP contribution in [-0.2, 0) is 23.9 Å². The molecule has 0 saturated carbocycles. The minimum absolute atomic E-state index is 0.0193. The lowest BCUT2D eigenvalue weighted by Gasteiger charge is -2.26. The van der Waals surface area contributed by atoms with Crippen LogP contribution >= 0.6 is 0 Å². The van der Waals surface area contributed by atoms with Crippen LogP contribution in [0.5, 0.6) is 0 Å². The summed E-state index contributed by atoms with van der Waals surface area (Å²) in [4.78, 5) is 62.3. The van der Waals surface area contributed by atoms with Crippen LogP contribution in [0.15, 0.2) is 48.5 Å². The Kier molecular flexibility index (Phi) is 11.7. The minimum Gasteiger partial charge on any atom is -0.480 e. The van der Waals surface area contributed by atoms with Gasteiger partial charge >= 0.3 is 12.1 Å². The third-order valence-electron chi connectivity index (χ3n) is 7.17. The van der Waals surface area contributed by atoms with Gasteiger partial charge in [-0.25, -0.2) is 4.79 Å². The number of rotatable bonds is 14. The van der Waals surface area contributed by atoms with E-state index in [2.05, 4.69) is 21.3 Å². The molecule has 4 amide bonds. The van der Waals surface area contributed by atoms with Crippen molar-refractivity contribution in [3.05, 3.63) is 59.7 Å². The zero-order valence-corrected chi connectivity index (χ0v) is 25.3. The lowest BCUT2D eigenvalue weighted by molar-refractivity contribution is -0.138. The van der Waals surface area contributed by atoms with Gasteiger partial charge in [0.1, 0.15) is 31.3 Å². The minimum atomic E-state index is -1.21. The highest BCUT2D eigenvalue weighted by Crippen LogP contribution is 2.44. The largest absolute Gasteiger partial charge is 0.480 e. The van der Waals surface area contributed by atoms with Crippen LogP contribution in [0.25, 0.3) is 11.1 Å². The fourth-order valence-electron chi connectivity index (χ4n) is 5.16. The maximum atomic E-state index is 13.4. The van der Waals surface area contributed by atoms with E-state index in [0.29, 0.717) is 6.42 Å². The summed E-state index contributed by atoms with van der Waals surface area (Å²) in [7, 11) is 0. The second-order valence-electron chi connectivity index (χ2n) is 11.7. The Hall–Kier alpha value is -4.41. The van der Waals surface area contributed by atoms with Gasteiger partial charge in [-0.1, -0.05) is 76.2 Å². The normalized spacial score (nSPS) is 14.2. The third-order valence-corrected chi connectivity index (χ3v) is 7.17. The van der Waals surface area contributed by atoms with Gasteiger partial charge in [0.2, 0.25) is 17.7 Å². The number of fused-ring (bicyclic) bond motifs is 3. The van der Waals surface area contributed by atoms with Crippen LogP contribution in [0, 0.1) is 11.8 Å². The Balaban J connectivity index is 1.65. The summed E-state index contributed by atoms with van der Waals surface area (Å²) in [5.41, 5.74) is 4.35. The number of aliphatic carboxylic acids is 1. The van der Waals surface area contributed by atoms with Crippen LogP contribution in [-0.4, -0.2) is 66.2 Å². The standard InChI is InChI=1S/C32H42N4O7/c1-18(2)14-26(30(40)34-20(5)29(39)33-16-28(37)38)35-31(41)27(15-19(3)4)36-32(42)43-17-25-23-12-8-6-10-21(23)22-11-7-9-13-24(22)25/h6-13,18-20,25-27H,14-17H2,1-5H3,(H,33,39)(H,34,40)(H,35,41)(H,36,42)(H,37,38)/t20-,26-,27-/m0/s1. The van der Waals surface area contributed by atoms with Crippen molar-refractivity contribution in [1.82, 2.24) is 21.3 Å². The molecule has 1 aliphatic rings. The predicted octanol–water partition coefficient (Wildman–Crippen LogP) is 3.18. The van der Waals surface area contributed by atoms with Crippen LogP contribution in [0.2, 0.25) is 0 Å². The molecule has 0 radical (unpaired) electrons. The van der Waals surface area contributed by atoms with E-state index in [-0.39, 0.29) is 30.8 Å². The van der Waals surface area contributed by atoms with Crippen molar-refractivity contribution in [2.24, 2.45) is 11.8 Å². The van der Waals surface area contributed by atoms with E-state index in [4.69, 9.17) is 9.84 Å². The second kappa shape index (κ2) is 15.2. The molecule has 2 aromatic carbocycles. The van der Waals surface area contributed by atoms with E-state index in [1.807, 2.05) is 76.2 Å². The van der Waals surface area contributed by atoms with Crippen LogP contribution in [0.4, 0.5) is 4.79 Å². The molecule has 0 fully saturated rings. The Morgan fingerprint density at radius 1 is 0.721 bits per heavy atom. The van der Waals surface area contributed by atoms with Gasteiger partial charge in [0.25, 0.3) is 0 Å². The van der Waals surface area contributed by atoms with E-state index >= 15 is 0 Å². The SMILES string of the molecule is CC(C)C[C@H](NC(=O)OCC1c2ccccc2-c2ccccc21)C(=O)N[C@@H](CC(C)C)C(=O)N[C@@H](C)C(=O)NCC(=O)O. The van der Waals surface area contributed by atoms with Crippen molar-refractivity contribution < 1.29 is 33.8 Å². The monoisotopic (exact) mass is 594 g/mol. The molecule has 3 atom stereocenters. The van der Waals surface area contributed by atoms with E-state index in [1.165, 1.54) is 6.92 Å². The molecule has 11 nitrogen and oxygen atoms in total. The molecule has 0 aromatic heterocycles. The number of hydrogen-bond donors (Lipinski definition) is 5. The molecule has 3 rings (SSSR count). The Labute approximate surface area is 252 Å². The van der Waals surface area contributed by atoms with Gasteiger partial charge in [-0.2, -0.15) is 0 Å². The zero-order valence-electron chi connectivity index (χ0n) is 25.3. The van der Waals surface area contributed by atoms with Gasteiger partial charge in [-0.05, 0) is 53.9 Å². The number of ether oxygens (including phenoxy) is 1. The first kappa shape index (κ1) is 33.1. The third kappa shape index (κ3) is 9.29. The van der Waals surface area contributed by atoms with Gasteiger partial charge < -0.3 is 31.1 Å². The average molecular weight is 595 g/mol. The van der Waals surface area contributed by atoms with Gasteiger partial charge in [-0.15, -0.1) is 0 Å². The number of carboxylic acids is 1. The van der Waals surface area contributed by atoms with Crippen molar-refractivity contribution >= 4 is 29.8 Å². The molecule has 43 heavy (non-hydrogen) atoms. The number of carboxylic acid groups (broad SMARTS) is 1. The summed E-state index contributed by atoms with van der Waals surface area (Å²) in [6.45, 7) is 8.53. The van der Waals surface area contributed by atoms with Crippen molar-refractivity contribution in [3.63, 3.8) is 0 Å². The lowest BCUT2D eigenvalue weighted by atomic mass is 9.98. The smallest absolute Gasteiger partial charge is 0.407 e. The Morgan fingerprint density at radius 2 is 1.21 bits per heavy atom. The highest BCUT2D eigenvalue weighted by Gasteiger charge is 2.32. The van der Waals surface area contributed by atoms with E-state index in [0.717, 1.165) is 22.3 Å². The number of benzene rings is 2. The number of carbonyl (C=O) groups excluding carboxylic acids is 4. The summed E-state index contributed by atoms with van der Waals surface area (Å²) in [5, 5.41) is 18.9. The van der Waals surface area contributed by atoms with Crippen molar-refractivity contribution in [1.29, 1.82) is 0 Å². The fraction of sp³-hybridized carbons (Fsp3) is 0.469. The average Bonchev–Trinajstić information content (AvgIpc) is 3.27. The maximum Gasteiger partial charge on any atom is 0.407 e. The summed E-state index contributed by atoms with van der Waals surface area (Å²) >= 11 is 0. The van der Waals surface area contributed by atoms with Gasteiger partial charge in [0.15, 0.2) is 0 Å². The molecule has 11 heteroatoms. The highest BCUT2D eigenvalue weighted by atomic mass is 16.5. The van der Waals surface area contributed by atoms with Crippen LogP contribution in [0.3, 0.4) is 0 Å². The molecule has 0 unspecified atom stereocenters. The molecule has 0 heterocycles. The van der Waals surface area contributed by atoms with Crippen LogP contribution in [0.1, 0.15) is 64.5 Å². The molecular weight excluding hydrogens is 552 g/mol. The van der Waals surface area contributed by atoms with Gasteiger partial charge in [0.05, 0.1) is 0 Å². The quantitative estimate of drug-likeness (QED) is 0.224. The van der Waals surface area contributed by atoms with E-state index in [1.54, 1.807) is 0 Å². The topological polar surface area (TPSA) is 163 Å². The van der Waals surface area contributed by atoms with Gasteiger partial charge in [-0.3, -0.25) is 19.2 Å². The molecule has 5 N–H and O–H groups in total. The zero-order chi connectivity index (χ0) is 31.7. The molecule has 0 spiro atoms. The Bertz CT molecular complexity index is 1280. The highest BCUT2D eigenvalue weighted by molar-refractivity contribution is 5.94. The fourth-order valence-corrected chi connectivity index (χ4v) is 5.16. The number of carbonyl (C=O) groups is 5. The van der Waals surface area contributed by atoms with Crippen LogP contribution < -0.4 is 21.3 Å².